The number of ether oxygens (including phenoxy) is 3. The summed E-state index contributed by atoms with van der Waals surface area (Å²) in [5, 5.41) is 14.1. The number of nitrogens with one attached hydrogen (secondary N) is 1. The number of carbonyl (C=O) groups is 2. The van der Waals surface area contributed by atoms with Crippen molar-refractivity contribution in [2.75, 3.05) is 20.8 Å². The third-order valence-corrected chi connectivity index (χ3v) is 5.61. The van der Waals surface area contributed by atoms with Crippen LogP contribution in [0, 0.1) is 10.1 Å². The lowest BCUT2D eigenvalue weighted by Crippen LogP contribution is -2.51. The Balaban J connectivity index is 2.25. The maximum atomic E-state index is 13.3. The van der Waals surface area contributed by atoms with Crippen molar-refractivity contribution in [3.8, 4) is 17.2 Å². The van der Waals surface area contributed by atoms with Crippen molar-refractivity contribution in [1.82, 2.24) is 10.2 Å². The Hall–Kier alpha value is -3.82. The summed E-state index contributed by atoms with van der Waals surface area (Å²) in [6.07, 6.45) is 1.18. The van der Waals surface area contributed by atoms with Crippen LogP contribution < -0.4 is 19.5 Å². The molecule has 0 unspecified atom stereocenters. The highest BCUT2D eigenvalue weighted by molar-refractivity contribution is 5.88. The molecule has 0 aliphatic heterocycles. The SMILES string of the molecule is CC[C@@H](C)NC(=O)[C@@H](CC)N(Cc1ccc(OC)cc1)C(=O)COc1ccc([N+](=O)[O-])c(OC)c1. The fourth-order valence-electron chi connectivity index (χ4n) is 3.41. The fourth-order valence-corrected chi connectivity index (χ4v) is 3.41. The minimum atomic E-state index is -0.700. The van der Waals surface area contributed by atoms with E-state index in [4.69, 9.17) is 14.2 Å². The molecule has 0 radical (unpaired) electrons. The highest BCUT2D eigenvalue weighted by Crippen LogP contribution is 2.30. The first kappa shape index (κ1) is 27.4. The Morgan fingerprint density at radius 1 is 1.03 bits per heavy atom. The van der Waals surface area contributed by atoms with Crippen molar-refractivity contribution in [3.63, 3.8) is 0 Å². The lowest BCUT2D eigenvalue weighted by molar-refractivity contribution is -0.385. The minimum Gasteiger partial charge on any atom is -0.497 e. The van der Waals surface area contributed by atoms with Gasteiger partial charge in [0, 0.05) is 24.7 Å². The topological polar surface area (TPSA) is 120 Å². The van der Waals surface area contributed by atoms with Gasteiger partial charge in [-0.3, -0.25) is 19.7 Å². The summed E-state index contributed by atoms with van der Waals surface area (Å²) >= 11 is 0. The van der Waals surface area contributed by atoms with Gasteiger partial charge in [-0.2, -0.15) is 0 Å². The number of amides is 2. The van der Waals surface area contributed by atoms with Gasteiger partial charge in [0.1, 0.15) is 17.5 Å². The first-order valence-corrected chi connectivity index (χ1v) is 11.4. The highest BCUT2D eigenvalue weighted by Gasteiger charge is 2.29. The Bertz CT molecular complexity index is 1010. The average molecular weight is 488 g/mol. The first-order valence-electron chi connectivity index (χ1n) is 11.4. The molecule has 0 fully saturated rings. The molecule has 0 bridgehead atoms. The van der Waals surface area contributed by atoms with E-state index in [-0.39, 0.29) is 42.3 Å². The van der Waals surface area contributed by atoms with Crippen LogP contribution in [0.15, 0.2) is 42.5 Å². The monoisotopic (exact) mass is 487 g/mol. The quantitative estimate of drug-likeness (QED) is 0.338. The molecule has 0 heterocycles. The Labute approximate surface area is 205 Å². The molecule has 35 heavy (non-hydrogen) atoms. The number of carbonyl (C=O) groups excluding carboxylic acids is 2. The Kier molecular flexibility index (Phi) is 10.3. The van der Waals surface area contributed by atoms with E-state index in [1.165, 1.54) is 30.2 Å². The van der Waals surface area contributed by atoms with Gasteiger partial charge in [-0.1, -0.05) is 26.0 Å². The second kappa shape index (κ2) is 13.2. The van der Waals surface area contributed by atoms with Crippen molar-refractivity contribution < 1.29 is 28.7 Å². The number of nitrogens with zero attached hydrogens (tertiary/aromatic N) is 2. The number of benzene rings is 2. The number of hydrogen-bond donors (Lipinski definition) is 1. The van der Waals surface area contributed by atoms with E-state index in [0.29, 0.717) is 12.2 Å². The van der Waals surface area contributed by atoms with Crippen molar-refractivity contribution >= 4 is 17.5 Å². The molecule has 2 atom stereocenters. The molecule has 2 aromatic carbocycles. The van der Waals surface area contributed by atoms with Gasteiger partial charge in [0.05, 0.1) is 19.1 Å². The number of methoxy groups -OCH3 is 2. The molecular formula is C25H33N3O7. The van der Waals surface area contributed by atoms with Crippen molar-refractivity contribution in [3.05, 3.63) is 58.1 Å². The number of nitro benzene ring substituents is 1. The molecule has 1 N–H and O–H groups in total. The number of rotatable bonds is 13. The van der Waals surface area contributed by atoms with Gasteiger partial charge in [-0.25, -0.2) is 0 Å². The summed E-state index contributed by atoms with van der Waals surface area (Å²) < 4.78 is 15.9. The van der Waals surface area contributed by atoms with Gasteiger partial charge >= 0.3 is 5.69 Å². The zero-order valence-corrected chi connectivity index (χ0v) is 20.8. The maximum Gasteiger partial charge on any atom is 0.311 e. The molecule has 190 valence electrons. The van der Waals surface area contributed by atoms with Crippen LogP contribution in [-0.2, 0) is 16.1 Å². The highest BCUT2D eigenvalue weighted by atomic mass is 16.6. The lowest BCUT2D eigenvalue weighted by atomic mass is 10.1. The molecule has 0 aromatic heterocycles. The van der Waals surface area contributed by atoms with Gasteiger partial charge < -0.3 is 24.4 Å². The second-order valence-electron chi connectivity index (χ2n) is 7.99. The van der Waals surface area contributed by atoms with Gasteiger partial charge in [0.15, 0.2) is 6.61 Å². The van der Waals surface area contributed by atoms with Crippen LogP contribution in [0.1, 0.15) is 39.2 Å². The second-order valence-corrected chi connectivity index (χ2v) is 7.99. The molecule has 2 rings (SSSR count). The third-order valence-electron chi connectivity index (χ3n) is 5.61. The summed E-state index contributed by atoms with van der Waals surface area (Å²) in [4.78, 5) is 38.3. The molecule has 2 amide bonds. The van der Waals surface area contributed by atoms with Gasteiger partial charge in [-0.15, -0.1) is 0 Å². The zero-order chi connectivity index (χ0) is 26.0. The summed E-state index contributed by atoms with van der Waals surface area (Å²) in [6, 6.07) is 10.5. The molecular weight excluding hydrogens is 454 g/mol. The fraction of sp³-hybridized carbons (Fsp3) is 0.440. The van der Waals surface area contributed by atoms with Crippen LogP contribution in [0.2, 0.25) is 0 Å². The summed E-state index contributed by atoms with van der Waals surface area (Å²) in [5.74, 6) is 0.311. The van der Waals surface area contributed by atoms with E-state index < -0.39 is 16.9 Å². The van der Waals surface area contributed by atoms with Crippen molar-refractivity contribution in [2.45, 2.75) is 52.2 Å². The predicted octanol–water partition coefficient (Wildman–Crippen LogP) is 3.71. The van der Waals surface area contributed by atoms with Gasteiger partial charge in [0.2, 0.25) is 11.7 Å². The molecule has 10 heteroatoms. The molecule has 10 nitrogen and oxygen atoms in total. The minimum absolute atomic E-state index is 0.0226. The summed E-state index contributed by atoms with van der Waals surface area (Å²) in [5.41, 5.74) is 0.617. The summed E-state index contributed by atoms with van der Waals surface area (Å²) in [6.45, 7) is 5.56. The normalized spacial score (nSPS) is 12.3. The van der Waals surface area contributed by atoms with E-state index in [9.17, 15) is 19.7 Å². The maximum absolute atomic E-state index is 13.3. The first-order chi connectivity index (χ1) is 16.7. The largest absolute Gasteiger partial charge is 0.497 e. The van der Waals surface area contributed by atoms with E-state index >= 15 is 0 Å². The molecule has 0 saturated heterocycles. The van der Waals surface area contributed by atoms with E-state index in [0.717, 1.165) is 12.0 Å². The van der Waals surface area contributed by atoms with Crippen LogP contribution >= 0.6 is 0 Å². The van der Waals surface area contributed by atoms with E-state index in [1.807, 2.05) is 32.9 Å². The van der Waals surface area contributed by atoms with Crippen molar-refractivity contribution in [2.24, 2.45) is 0 Å². The molecule has 0 aliphatic rings. The van der Waals surface area contributed by atoms with Gasteiger partial charge in [0.25, 0.3) is 5.91 Å². The number of nitro groups is 1. The van der Waals surface area contributed by atoms with Crippen LogP contribution in [0.3, 0.4) is 0 Å². The van der Waals surface area contributed by atoms with Crippen LogP contribution in [0.4, 0.5) is 5.69 Å². The van der Waals surface area contributed by atoms with E-state index in [2.05, 4.69) is 5.32 Å². The predicted molar refractivity (Wildman–Crippen MR) is 131 cm³/mol. The summed E-state index contributed by atoms with van der Waals surface area (Å²) in [7, 11) is 2.89. The standard InChI is InChI=1S/C25H33N3O7/c1-6-17(3)26-25(30)21(7-2)27(15-18-8-10-19(33-4)11-9-18)24(29)16-35-20-12-13-22(28(31)32)23(14-20)34-5/h8-14,17,21H,6-7,15-16H2,1-5H3,(H,26,30)/t17-,21-/m1/s1. The Morgan fingerprint density at radius 2 is 1.69 bits per heavy atom. The number of hydrogen-bond acceptors (Lipinski definition) is 7. The average Bonchev–Trinajstić information content (AvgIpc) is 2.86. The van der Waals surface area contributed by atoms with Crippen LogP contribution in [-0.4, -0.2) is 54.5 Å². The molecule has 0 aliphatic carbocycles. The van der Waals surface area contributed by atoms with E-state index in [1.54, 1.807) is 19.2 Å². The van der Waals surface area contributed by atoms with Gasteiger partial charge in [-0.05, 0) is 43.5 Å². The molecule has 0 saturated carbocycles. The zero-order valence-electron chi connectivity index (χ0n) is 20.8. The van der Waals surface area contributed by atoms with Crippen molar-refractivity contribution in [1.29, 1.82) is 0 Å². The smallest absolute Gasteiger partial charge is 0.311 e. The third kappa shape index (κ3) is 7.59. The van der Waals surface area contributed by atoms with Crippen LogP contribution in [0.25, 0.3) is 0 Å². The van der Waals surface area contributed by atoms with Crippen LogP contribution in [0.5, 0.6) is 17.2 Å². The molecule has 2 aromatic rings. The Morgan fingerprint density at radius 3 is 2.23 bits per heavy atom. The molecule has 0 spiro atoms. The lowest BCUT2D eigenvalue weighted by Gasteiger charge is -2.31.